The maximum absolute atomic E-state index is 12.4. The van der Waals surface area contributed by atoms with Crippen LogP contribution in [0.5, 0.6) is 0 Å². The third-order valence-corrected chi connectivity index (χ3v) is 4.72. The summed E-state index contributed by atoms with van der Waals surface area (Å²) in [7, 11) is 0. The number of thioether (sulfide) groups is 1. The van der Waals surface area contributed by atoms with E-state index in [-0.39, 0.29) is 17.9 Å². The molecule has 0 radical (unpaired) electrons. The number of likely N-dealkylation sites (tertiary alicyclic amines) is 1. The number of hydrogen-bond donors (Lipinski definition) is 1. The molecule has 0 aliphatic carbocycles. The fourth-order valence-electron chi connectivity index (χ4n) is 2.57. The van der Waals surface area contributed by atoms with Crippen LogP contribution in [0, 0.1) is 0 Å². The number of nitrogens with two attached hydrogens (primary N) is 1. The normalized spacial score (nSPS) is 27.2. The molecule has 0 aromatic heterocycles. The SMILES string of the molecule is N[C@@H]1CCN(C(=O)[C@@H]2CSc3ccccc32)C1. The van der Waals surface area contributed by atoms with Crippen LogP contribution in [-0.4, -0.2) is 35.7 Å². The summed E-state index contributed by atoms with van der Waals surface area (Å²) in [6.07, 6.45) is 0.938. The number of benzene rings is 1. The molecule has 0 saturated carbocycles. The van der Waals surface area contributed by atoms with Gasteiger partial charge in [-0.15, -0.1) is 11.8 Å². The van der Waals surface area contributed by atoms with Crippen LogP contribution < -0.4 is 5.73 Å². The maximum Gasteiger partial charge on any atom is 0.231 e. The molecule has 1 aromatic rings. The zero-order valence-corrected chi connectivity index (χ0v) is 10.5. The topological polar surface area (TPSA) is 46.3 Å². The molecule has 0 bridgehead atoms. The van der Waals surface area contributed by atoms with Crippen molar-refractivity contribution in [2.75, 3.05) is 18.8 Å². The van der Waals surface area contributed by atoms with Crippen LogP contribution in [0.4, 0.5) is 0 Å². The van der Waals surface area contributed by atoms with Crippen molar-refractivity contribution in [3.63, 3.8) is 0 Å². The molecule has 2 aliphatic rings. The molecule has 2 atom stereocenters. The molecule has 3 rings (SSSR count). The molecule has 3 nitrogen and oxygen atoms in total. The Balaban J connectivity index is 1.80. The second kappa shape index (κ2) is 4.35. The highest BCUT2D eigenvalue weighted by Crippen LogP contribution is 2.40. The first-order valence-electron chi connectivity index (χ1n) is 6.02. The van der Waals surface area contributed by atoms with Gasteiger partial charge < -0.3 is 10.6 Å². The first-order valence-corrected chi connectivity index (χ1v) is 7.00. The summed E-state index contributed by atoms with van der Waals surface area (Å²) in [6.45, 7) is 1.55. The highest BCUT2D eigenvalue weighted by Gasteiger charge is 2.34. The van der Waals surface area contributed by atoms with E-state index in [1.807, 2.05) is 17.0 Å². The van der Waals surface area contributed by atoms with E-state index < -0.39 is 0 Å². The van der Waals surface area contributed by atoms with Crippen molar-refractivity contribution in [2.45, 2.75) is 23.3 Å². The first kappa shape index (κ1) is 11.1. The van der Waals surface area contributed by atoms with Gasteiger partial charge in [0.25, 0.3) is 0 Å². The summed E-state index contributed by atoms with van der Waals surface area (Å²) in [6, 6.07) is 8.39. The van der Waals surface area contributed by atoms with E-state index in [0.29, 0.717) is 0 Å². The highest BCUT2D eigenvalue weighted by molar-refractivity contribution is 7.99. The summed E-state index contributed by atoms with van der Waals surface area (Å²) in [5.74, 6) is 1.18. The number of nitrogens with zero attached hydrogens (tertiary/aromatic N) is 1. The molecular formula is C13H16N2OS. The summed E-state index contributed by atoms with van der Waals surface area (Å²) >= 11 is 1.79. The van der Waals surface area contributed by atoms with Crippen LogP contribution in [0.3, 0.4) is 0 Å². The van der Waals surface area contributed by atoms with Crippen molar-refractivity contribution in [3.8, 4) is 0 Å². The van der Waals surface area contributed by atoms with Crippen LogP contribution in [0.1, 0.15) is 17.9 Å². The average Bonchev–Trinajstić information content (AvgIpc) is 2.94. The fourth-order valence-corrected chi connectivity index (χ4v) is 3.80. The lowest BCUT2D eigenvalue weighted by Gasteiger charge is -2.20. The van der Waals surface area contributed by atoms with Gasteiger partial charge in [-0.25, -0.2) is 0 Å². The zero-order valence-electron chi connectivity index (χ0n) is 9.63. The van der Waals surface area contributed by atoms with Gasteiger partial charge in [-0.1, -0.05) is 18.2 Å². The third-order valence-electron chi connectivity index (χ3n) is 3.53. The smallest absolute Gasteiger partial charge is 0.231 e. The lowest BCUT2D eigenvalue weighted by Crippen LogP contribution is -2.35. The van der Waals surface area contributed by atoms with Crippen molar-refractivity contribution < 1.29 is 4.79 Å². The van der Waals surface area contributed by atoms with Crippen LogP contribution in [0.15, 0.2) is 29.2 Å². The minimum absolute atomic E-state index is 0.0431. The van der Waals surface area contributed by atoms with Gasteiger partial charge in [0, 0.05) is 29.8 Å². The molecule has 0 spiro atoms. The van der Waals surface area contributed by atoms with Gasteiger partial charge in [-0.05, 0) is 18.1 Å². The molecule has 90 valence electrons. The highest BCUT2D eigenvalue weighted by atomic mass is 32.2. The Labute approximate surface area is 105 Å². The summed E-state index contributed by atoms with van der Waals surface area (Å²) < 4.78 is 0. The molecule has 4 heteroatoms. The Bertz CT molecular complexity index is 449. The van der Waals surface area contributed by atoms with Gasteiger partial charge in [-0.2, -0.15) is 0 Å². The molecule has 1 aromatic carbocycles. The number of hydrogen-bond acceptors (Lipinski definition) is 3. The number of fused-ring (bicyclic) bond motifs is 1. The minimum atomic E-state index is 0.0431. The molecule has 0 unspecified atom stereocenters. The van der Waals surface area contributed by atoms with Crippen LogP contribution in [-0.2, 0) is 4.79 Å². The van der Waals surface area contributed by atoms with Gasteiger partial charge in [0.15, 0.2) is 0 Å². The molecule has 1 fully saturated rings. The second-order valence-electron chi connectivity index (χ2n) is 4.73. The van der Waals surface area contributed by atoms with Crippen LogP contribution in [0.25, 0.3) is 0 Å². The monoisotopic (exact) mass is 248 g/mol. The third kappa shape index (κ3) is 1.96. The largest absolute Gasteiger partial charge is 0.341 e. The van der Waals surface area contributed by atoms with Crippen molar-refractivity contribution in [1.82, 2.24) is 4.90 Å². The lowest BCUT2D eigenvalue weighted by atomic mass is 10.00. The Kier molecular flexibility index (Phi) is 2.84. The maximum atomic E-state index is 12.4. The predicted octanol–water partition coefficient (Wildman–Crippen LogP) is 1.44. The van der Waals surface area contributed by atoms with Gasteiger partial charge in [-0.3, -0.25) is 4.79 Å². The van der Waals surface area contributed by atoms with Crippen LogP contribution in [0.2, 0.25) is 0 Å². The van der Waals surface area contributed by atoms with E-state index in [2.05, 4.69) is 12.1 Å². The van der Waals surface area contributed by atoms with Gasteiger partial charge in [0.2, 0.25) is 5.91 Å². The quantitative estimate of drug-likeness (QED) is 0.818. The van der Waals surface area contributed by atoms with Crippen molar-refractivity contribution >= 4 is 17.7 Å². The first-order chi connectivity index (χ1) is 8.25. The molecule has 2 heterocycles. The van der Waals surface area contributed by atoms with Crippen molar-refractivity contribution in [2.24, 2.45) is 5.73 Å². The van der Waals surface area contributed by atoms with Crippen molar-refractivity contribution in [3.05, 3.63) is 29.8 Å². The Hall–Kier alpha value is -1.00. The lowest BCUT2D eigenvalue weighted by molar-refractivity contribution is -0.131. The molecule has 2 N–H and O–H groups in total. The summed E-state index contributed by atoms with van der Waals surface area (Å²) in [5, 5.41) is 0. The Morgan fingerprint density at radius 2 is 2.24 bits per heavy atom. The van der Waals surface area contributed by atoms with E-state index in [0.717, 1.165) is 25.3 Å². The average molecular weight is 248 g/mol. The number of rotatable bonds is 1. The zero-order chi connectivity index (χ0) is 11.8. The van der Waals surface area contributed by atoms with E-state index >= 15 is 0 Å². The molecule has 17 heavy (non-hydrogen) atoms. The Morgan fingerprint density at radius 1 is 1.41 bits per heavy atom. The number of carbonyl (C=O) groups is 1. The van der Waals surface area contributed by atoms with Crippen molar-refractivity contribution in [1.29, 1.82) is 0 Å². The molecular weight excluding hydrogens is 232 g/mol. The molecule has 1 amide bonds. The second-order valence-corrected chi connectivity index (χ2v) is 5.80. The van der Waals surface area contributed by atoms with Crippen LogP contribution >= 0.6 is 11.8 Å². The van der Waals surface area contributed by atoms with E-state index in [9.17, 15) is 4.79 Å². The fraction of sp³-hybridized carbons (Fsp3) is 0.462. The van der Waals surface area contributed by atoms with Gasteiger partial charge in [0.05, 0.1) is 5.92 Å². The summed E-state index contributed by atoms with van der Waals surface area (Å²) in [5.41, 5.74) is 7.05. The Morgan fingerprint density at radius 3 is 3.00 bits per heavy atom. The number of amides is 1. The van der Waals surface area contributed by atoms with E-state index in [1.54, 1.807) is 11.8 Å². The minimum Gasteiger partial charge on any atom is -0.341 e. The number of carbonyl (C=O) groups excluding carboxylic acids is 1. The van der Waals surface area contributed by atoms with Gasteiger partial charge >= 0.3 is 0 Å². The molecule has 1 saturated heterocycles. The van der Waals surface area contributed by atoms with Gasteiger partial charge in [0.1, 0.15) is 0 Å². The summed E-state index contributed by atoms with van der Waals surface area (Å²) in [4.78, 5) is 15.6. The van der Waals surface area contributed by atoms with E-state index in [1.165, 1.54) is 10.5 Å². The van der Waals surface area contributed by atoms with E-state index in [4.69, 9.17) is 5.73 Å². The standard InChI is InChI=1S/C13H16N2OS/c14-9-5-6-15(7-9)13(16)11-8-17-12-4-2-1-3-10(11)12/h1-4,9,11H,5-8,14H2/t9-,11-/m1/s1. The molecule has 2 aliphatic heterocycles. The predicted molar refractivity (Wildman–Crippen MR) is 69.1 cm³/mol.